The lowest BCUT2D eigenvalue weighted by Crippen LogP contribution is -2.46. The first kappa shape index (κ1) is 18.9. The zero-order valence-electron chi connectivity index (χ0n) is 15.6. The van der Waals surface area contributed by atoms with Gasteiger partial charge in [0.1, 0.15) is 0 Å². The van der Waals surface area contributed by atoms with Gasteiger partial charge in [-0.15, -0.1) is 0 Å². The van der Waals surface area contributed by atoms with Gasteiger partial charge >= 0.3 is 0 Å². The Bertz CT molecular complexity index is 515. The number of hydrogen-bond acceptors (Lipinski definition) is 3. The number of rotatable bonds is 7. The summed E-state index contributed by atoms with van der Waals surface area (Å²) in [6.45, 7) is 12.2. The van der Waals surface area contributed by atoms with Crippen LogP contribution in [0.4, 0.5) is 0 Å². The lowest BCUT2D eigenvalue weighted by atomic mass is 10.0. The van der Waals surface area contributed by atoms with Crippen LogP contribution in [0.25, 0.3) is 0 Å². The summed E-state index contributed by atoms with van der Waals surface area (Å²) in [5, 5.41) is 0. The maximum Gasteiger partial charge on any atom is 0.239 e. The lowest BCUT2D eigenvalue weighted by Gasteiger charge is -2.29. The zero-order chi connectivity index (χ0) is 17.7. The van der Waals surface area contributed by atoms with Gasteiger partial charge in [-0.25, -0.2) is 0 Å². The molecule has 0 radical (unpaired) electrons. The molecule has 0 bridgehead atoms. The van der Waals surface area contributed by atoms with Crippen LogP contribution in [0.3, 0.4) is 0 Å². The summed E-state index contributed by atoms with van der Waals surface area (Å²) < 4.78 is 0. The summed E-state index contributed by atoms with van der Waals surface area (Å²) in [5.41, 5.74) is 7.38. The molecule has 2 N–H and O–H groups in total. The van der Waals surface area contributed by atoms with Gasteiger partial charge in [0, 0.05) is 32.2 Å². The quantitative estimate of drug-likeness (QED) is 0.836. The molecule has 0 spiro atoms. The molecule has 1 aliphatic rings. The van der Waals surface area contributed by atoms with Crippen LogP contribution in [-0.2, 0) is 11.3 Å². The van der Waals surface area contributed by atoms with E-state index in [0.717, 1.165) is 32.6 Å². The molecular weight excluding hydrogens is 298 g/mol. The highest BCUT2D eigenvalue weighted by atomic mass is 16.2. The summed E-state index contributed by atoms with van der Waals surface area (Å²) in [6.07, 6.45) is 1.08. The number of carbonyl (C=O) groups excluding carboxylic acids is 1. The van der Waals surface area contributed by atoms with E-state index in [1.165, 1.54) is 5.56 Å². The van der Waals surface area contributed by atoms with Gasteiger partial charge in [-0.3, -0.25) is 9.69 Å². The van der Waals surface area contributed by atoms with E-state index in [0.29, 0.717) is 12.0 Å². The van der Waals surface area contributed by atoms with Crippen LogP contribution < -0.4 is 5.73 Å². The Morgan fingerprint density at radius 1 is 1.25 bits per heavy atom. The SMILES string of the molecule is CC(C)C(N)C(=O)N1CCC(CN(Cc2ccccc2)C(C)C)C1. The second-order valence-electron chi connectivity index (χ2n) is 7.72. The standard InChI is InChI=1S/C20H33N3O/c1-15(2)19(21)20(24)22-11-10-18(13-22)14-23(16(3)4)12-17-8-6-5-7-9-17/h5-9,15-16,18-19H,10-14,21H2,1-4H3. The minimum absolute atomic E-state index is 0.117. The van der Waals surface area contributed by atoms with Gasteiger partial charge in [0.2, 0.25) is 5.91 Å². The molecule has 1 aromatic carbocycles. The third-order valence-corrected chi connectivity index (χ3v) is 5.05. The molecule has 134 valence electrons. The van der Waals surface area contributed by atoms with E-state index in [2.05, 4.69) is 49.1 Å². The van der Waals surface area contributed by atoms with Crippen LogP contribution >= 0.6 is 0 Å². The number of nitrogens with two attached hydrogens (primary N) is 1. The minimum atomic E-state index is -0.366. The van der Waals surface area contributed by atoms with Crippen LogP contribution in [-0.4, -0.2) is 47.4 Å². The van der Waals surface area contributed by atoms with Crippen LogP contribution in [0.15, 0.2) is 30.3 Å². The lowest BCUT2D eigenvalue weighted by molar-refractivity contribution is -0.132. The van der Waals surface area contributed by atoms with E-state index >= 15 is 0 Å². The highest BCUT2D eigenvalue weighted by Crippen LogP contribution is 2.21. The molecule has 1 heterocycles. The monoisotopic (exact) mass is 331 g/mol. The van der Waals surface area contributed by atoms with Gasteiger partial charge in [0.05, 0.1) is 6.04 Å². The van der Waals surface area contributed by atoms with Crippen LogP contribution in [0.1, 0.15) is 39.7 Å². The topological polar surface area (TPSA) is 49.6 Å². The molecule has 0 saturated carbocycles. The van der Waals surface area contributed by atoms with E-state index in [-0.39, 0.29) is 17.9 Å². The number of nitrogens with zero attached hydrogens (tertiary/aromatic N) is 2. The Hall–Kier alpha value is -1.39. The molecule has 1 fully saturated rings. The average molecular weight is 332 g/mol. The van der Waals surface area contributed by atoms with Gasteiger partial charge in [0.25, 0.3) is 0 Å². The maximum atomic E-state index is 12.4. The summed E-state index contributed by atoms with van der Waals surface area (Å²) in [7, 11) is 0. The molecule has 1 amide bonds. The molecule has 0 aromatic heterocycles. The van der Waals surface area contributed by atoms with Crippen LogP contribution in [0, 0.1) is 11.8 Å². The average Bonchev–Trinajstić information content (AvgIpc) is 3.02. The van der Waals surface area contributed by atoms with Gasteiger partial charge in [0.15, 0.2) is 0 Å². The van der Waals surface area contributed by atoms with E-state index in [9.17, 15) is 4.79 Å². The fourth-order valence-corrected chi connectivity index (χ4v) is 3.29. The number of likely N-dealkylation sites (tertiary alicyclic amines) is 1. The minimum Gasteiger partial charge on any atom is -0.341 e. The number of benzene rings is 1. The van der Waals surface area contributed by atoms with Crippen molar-refractivity contribution in [2.24, 2.45) is 17.6 Å². The molecule has 4 heteroatoms. The van der Waals surface area contributed by atoms with Crippen molar-refractivity contribution in [3.8, 4) is 0 Å². The fourth-order valence-electron chi connectivity index (χ4n) is 3.29. The highest BCUT2D eigenvalue weighted by molar-refractivity contribution is 5.82. The van der Waals surface area contributed by atoms with Crippen molar-refractivity contribution in [2.75, 3.05) is 19.6 Å². The Balaban J connectivity index is 1.91. The molecule has 1 aromatic rings. The molecule has 2 unspecified atom stereocenters. The van der Waals surface area contributed by atoms with Crippen molar-refractivity contribution < 1.29 is 4.79 Å². The van der Waals surface area contributed by atoms with Crippen LogP contribution in [0.2, 0.25) is 0 Å². The smallest absolute Gasteiger partial charge is 0.239 e. The fraction of sp³-hybridized carbons (Fsp3) is 0.650. The van der Waals surface area contributed by atoms with Gasteiger partial charge in [-0.05, 0) is 37.7 Å². The first-order valence-corrected chi connectivity index (χ1v) is 9.20. The molecular formula is C20H33N3O. The van der Waals surface area contributed by atoms with Crippen LogP contribution in [0.5, 0.6) is 0 Å². The highest BCUT2D eigenvalue weighted by Gasteiger charge is 2.31. The van der Waals surface area contributed by atoms with Gasteiger partial charge in [-0.1, -0.05) is 44.2 Å². The van der Waals surface area contributed by atoms with E-state index in [1.54, 1.807) is 0 Å². The summed E-state index contributed by atoms with van der Waals surface area (Å²) in [4.78, 5) is 16.9. The molecule has 0 aliphatic carbocycles. The van der Waals surface area contributed by atoms with Gasteiger partial charge in [-0.2, -0.15) is 0 Å². The Morgan fingerprint density at radius 3 is 2.50 bits per heavy atom. The number of carbonyl (C=O) groups is 1. The van der Waals surface area contributed by atoms with Crippen molar-refractivity contribution in [3.63, 3.8) is 0 Å². The normalized spacial score (nSPS) is 19.5. The second-order valence-corrected chi connectivity index (χ2v) is 7.72. The van der Waals surface area contributed by atoms with Crippen molar-refractivity contribution in [1.82, 2.24) is 9.80 Å². The molecule has 1 aliphatic heterocycles. The first-order valence-electron chi connectivity index (χ1n) is 9.20. The summed E-state index contributed by atoms with van der Waals surface area (Å²) in [6, 6.07) is 10.7. The van der Waals surface area contributed by atoms with E-state index in [1.807, 2.05) is 18.7 Å². The van der Waals surface area contributed by atoms with E-state index < -0.39 is 0 Å². The molecule has 1 saturated heterocycles. The van der Waals surface area contributed by atoms with E-state index in [4.69, 9.17) is 5.73 Å². The molecule has 24 heavy (non-hydrogen) atoms. The summed E-state index contributed by atoms with van der Waals surface area (Å²) in [5.74, 6) is 0.855. The third kappa shape index (κ3) is 5.05. The number of hydrogen-bond donors (Lipinski definition) is 1. The first-order chi connectivity index (χ1) is 11.4. The van der Waals surface area contributed by atoms with Crippen molar-refractivity contribution in [3.05, 3.63) is 35.9 Å². The Labute approximate surface area is 147 Å². The van der Waals surface area contributed by atoms with Crippen molar-refractivity contribution >= 4 is 5.91 Å². The maximum absolute atomic E-state index is 12.4. The Morgan fingerprint density at radius 2 is 1.92 bits per heavy atom. The molecule has 2 rings (SSSR count). The predicted molar refractivity (Wildman–Crippen MR) is 99.5 cm³/mol. The second kappa shape index (κ2) is 8.63. The third-order valence-electron chi connectivity index (χ3n) is 5.05. The molecule has 4 nitrogen and oxygen atoms in total. The Kier molecular flexibility index (Phi) is 6.81. The largest absolute Gasteiger partial charge is 0.341 e. The zero-order valence-corrected chi connectivity index (χ0v) is 15.6. The van der Waals surface area contributed by atoms with Crippen molar-refractivity contribution in [2.45, 2.75) is 52.7 Å². The number of amides is 1. The predicted octanol–water partition coefficient (Wildman–Crippen LogP) is 2.73. The molecule has 2 atom stereocenters. The summed E-state index contributed by atoms with van der Waals surface area (Å²) >= 11 is 0. The van der Waals surface area contributed by atoms with Crippen molar-refractivity contribution in [1.29, 1.82) is 0 Å². The van der Waals surface area contributed by atoms with Gasteiger partial charge < -0.3 is 10.6 Å².